The zero-order valence-corrected chi connectivity index (χ0v) is 11.8. The second-order valence-corrected chi connectivity index (χ2v) is 5.47. The predicted octanol–water partition coefficient (Wildman–Crippen LogP) is 3.36. The summed E-state index contributed by atoms with van der Waals surface area (Å²) in [6.45, 7) is 7.19. The van der Waals surface area contributed by atoms with Crippen LogP contribution in [0.4, 0.5) is 11.5 Å². The normalized spacial score (nSPS) is 11.3. The molecule has 100 valence electrons. The standard InChI is InChI=1S/C16H21N3/c1-12-14(17)9-10-15(19-12)18-11-16(2,3)13-7-5-4-6-8-13/h4-10H,11,17H2,1-3H3,(H,18,19). The summed E-state index contributed by atoms with van der Waals surface area (Å²) < 4.78 is 0. The SMILES string of the molecule is Cc1nc(NCC(C)(C)c2ccccc2)ccc1N. The largest absolute Gasteiger partial charge is 0.397 e. The van der Waals surface area contributed by atoms with Gasteiger partial charge in [0.15, 0.2) is 0 Å². The Morgan fingerprint density at radius 2 is 1.79 bits per heavy atom. The van der Waals surface area contributed by atoms with E-state index < -0.39 is 0 Å². The molecule has 0 aliphatic heterocycles. The molecule has 0 amide bonds. The van der Waals surface area contributed by atoms with E-state index in [-0.39, 0.29) is 5.41 Å². The summed E-state index contributed by atoms with van der Waals surface area (Å²) in [5.41, 5.74) is 8.73. The van der Waals surface area contributed by atoms with Gasteiger partial charge in [-0.3, -0.25) is 0 Å². The Labute approximate surface area is 114 Å². The van der Waals surface area contributed by atoms with Gasteiger partial charge in [0.25, 0.3) is 0 Å². The summed E-state index contributed by atoms with van der Waals surface area (Å²) in [4.78, 5) is 4.43. The van der Waals surface area contributed by atoms with Gasteiger partial charge >= 0.3 is 0 Å². The van der Waals surface area contributed by atoms with E-state index in [9.17, 15) is 0 Å². The van der Waals surface area contributed by atoms with Crippen LogP contribution >= 0.6 is 0 Å². The molecule has 0 atom stereocenters. The molecule has 19 heavy (non-hydrogen) atoms. The summed E-state index contributed by atoms with van der Waals surface area (Å²) in [6, 6.07) is 14.3. The third kappa shape index (κ3) is 3.25. The molecule has 0 spiro atoms. The lowest BCUT2D eigenvalue weighted by Gasteiger charge is -2.26. The Kier molecular flexibility index (Phi) is 3.74. The molecule has 0 unspecified atom stereocenters. The zero-order chi connectivity index (χ0) is 13.9. The van der Waals surface area contributed by atoms with Crippen molar-refractivity contribution in [3.63, 3.8) is 0 Å². The number of benzene rings is 1. The maximum absolute atomic E-state index is 5.77. The molecule has 1 heterocycles. The van der Waals surface area contributed by atoms with Crippen molar-refractivity contribution in [2.45, 2.75) is 26.2 Å². The first-order valence-electron chi connectivity index (χ1n) is 6.51. The average Bonchev–Trinajstić information content (AvgIpc) is 2.41. The fourth-order valence-corrected chi connectivity index (χ4v) is 1.97. The predicted molar refractivity (Wildman–Crippen MR) is 81.3 cm³/mol. The van der Waals surface area contributed by atoms with Gasteiger partial charge in [0, 0.05) is 12.0 Å². The van der Waals surface area contributed by atoms with Crippen LogP contribution in [0.15, 0.2) is 42.5 Å². The summed E-state index contributed by atoms with van der Waals surface area (Å²) in [6.07, 6.45) is 0. The fraction of sp³-hybridized carbons (Fsp3) is 0.312. The molecule has 0 saturated heterocycles. The number of hydrogen-bond donors (Lipinski definition) is 2. The lowest BCUT2D eigenvalue weighted by atomic mass is 9.84. The van der Waals surface area contributed by atoms with Crippen molar-refractivity contribution in [3.8, 4) is 0 Å². The fourth-order valence-electron chi connectivity index (χ4n) is 1.97. The van der Waals surface area contributed by atoms with Crippen LogP contribution in [0.1, 0.15) is 25.1 Å². The van der Waals surface area contributed by atoms with Gasteiger partial charge in [0.1, 0.15) is 5.82 Å². The topological polar surface area (TPSA) is 50.9 Å². The molecule has 2 aromatic rings. The summed E-state index contributed by atoms with van der Waals surface area (Å²) in [7, 11) is 0. The number of pyridine rings is 1. The molecule has 3 heteroatoms. The summed E-state index contributed by atoms with van der Waals surface area (Å²) in [5.74, 6) is 0.871. The maximum Gasteiger partial charge on any atom is 0.126 e. The number of hydrogen-bond acceptors (Lipinski definition) is 3. The van der Waals surface area contributed by atoms with E-state index in [0.717, 1.165) is 23.7 Å². The molecule has 0 bridgehead atoms. The first-order valence-corrected chi connectivity index (χ1v) is 6.51. The van der Waals surface area contributed by atoms with Gasteiger partial charge < -0.3 is 11.1 Å². The van der Waals surface area contributed by atoms with E-state index in [1.54, 1.807) is 0 Å². The molecule has 0 radical (unpaired) electrons. The molecular formula is C16H21N3. The average molecular weight is 255 g/mol. The highest BCUT2D eigenvalue weighted by Crippen LogP contribution is 2.23. The van der Waals surface area contributed by atoms with Crippen LogP contribution in [0, 0.1) is 6.92 Å². The third-order valence-corrected chi connectivity index (χ3v) is 3.39. The number of nitrogen functional groups attached to an aromatic ring is 1. The number of aromatic nitrogens is 1. The molecular weight excluding hydrogens is 234 g/mol. The Bertz CT molecular complexity index is 547. The van der Waals surface area contributed by atoms with Crippen molar-refractivity contribution in [2.24, 2.45) is 0 Å². The lowest BCUT2D eigenvalue weighted by molar-refractivity contribution is 0.556. The van der Waals surface area contributed by atoms with E-state index in [2.05, 4.69) is 48.4 Å². The van der Waals surface area contributed by atoms with Gasteiger partial charge in [0.05, 0.1) is 11.4 Å². The van der Waals surface area contributed by atoms with Crippen molar-refractivity contribution in [1.29, 1.82) is 0 Å². The Hall–Kier alpha value is -2.03. The minimum Gasteiger partial charge on any atom is -0.397 e. The van der Waals surface area contributed by atoms with Crippen molar-refractivity contribution in [1.82, 2.24) is 4.98 Å². The summed E-state index contributed by atoms with van der Waals surface area (Å²) >= 11 is 0. The second-order valence-electron chi connectivity index (χ2n) is 5.47. The number of aryl methyl sites for hydroxylation is 1. The van der Waals surface area contributed by atoms with E-state index in [0.29, 0.717) is 0 Å². The monoisotopic (exact) mass is 255 g/mol. The van der Waals surface area contributed by atoms with Gasteiger partial charge in [0.2, 0.25) is 0 Å². The van der Waals surface area contributed by atoms with Gasteiger partial charge in [-0.25, -0.2) is 4.98 Å². The quantitative estimate of drug-likeness (QED) is 0.880. The Morgan fingerprint density at radius 3 is 2.42 bits per heavy atom. The van der Waals surface area contributed by atoms with Crippen molar-refractivity contribution < 1.29 is 0 Å². The highest BCUT2D eigenvalue weighted by atomic mass is 15.0. The van der Waals surface area contributed by atoms with Crippen LogP contribution in [0.3, 0.4) is 0 Å². The van der Waals surface area contributed by atoms with Crippen LogP contribution < -0.4 is 11.1 Å². The van der Waals surface area contributed by atoms with Crippen LogP contribution in [0.25, 0.3) is 0 Å². The van der Waals surface area contributed by atoms with E-state index in [1.165, 1.54) is 5.56 Å². The molecule has 0 fully saturated rings. The number of nitrogens with zero attached hydrogens (tertiary/aromatic N) is 1. The molecule has 0 aliphatic rings. The Morgan fingerprint density at radius 1 is 1.11 bits per heavy atom. The minimum absolute atomic E-state index is 0.0538. The smallest absolute Gasteiger partial charge is 0.126 e. The molecule has 2 rings (SSSR count). The van der Waals surface area contributed by atoms with Crippen LogP contribution in [-0.4, -0.2) is 11.5 Å². The van der Waals surface area contributed by atoms with Crippen LogP contribution in [-0.2, 0) is 5.41 Å². The van der Waals surface area contributed by atoms with Gasteiger partial charge in [-0.05, 0) is 24.6 Å². The number of anilines is 2. The number of rotatable bonds is 4. The van der Waals surface area contributed by atoms with E-state index in [4.69, 9.17) is 5.73 Å². The van der Waals surface area contributed by atoms with Crippen molar-refractivity contribution in [2.75, 3.05) is 17.6 Å². The van der Waals surface area contributed by atoms with E-state index in [1.807, 2.05) is 25.1 Å². The minimum atomic E-state index is 0.0538. The van der Waals surface area contributed by atoms with Gasteiger partial charge in [-0.1, -0.05) is 44.2 Å². The third-order valence-electron chi connectivity index (χ3n) is 3.39. The van der Waals surface area contributed by atoms with Gasteiger partial charge in [-0.2, -0.15) is 0 Å². The molecule has 3 nitrogen and oxygen atoms in total. The van der Waals surface area contributed by atoms with E-state index >= 15 is 0 Å². The highest BCUT2D eigenvalue weighted by Gasteiger charge is 2.20. The van der Waals surface area contributed by atoms with Gasteiger partial charge in [-0.15, -0.1) is 0 Å². The molecule has 1 aromatic carbocycles. The lowest BCUT2D eigenvalue weighted by Crippen LogP contribution is -2.27. The van der Waals surface area contributed by atoms with Crippen molar-refractivity contribution in [3.05, 3.63) is 53.7 Å². The number of nitrogens with two attached hydrogens (primary N) is 1. The molecule has 3 N–H and O–H groups in total. The Balaban J connectivity index is 2.07. The maximum atomic E-state index is 5.77. The van der Waals surface area contributed by atoms with Crippen LogP contribution in [0.5, 0.6) is 0 Å². The van der Waals surface area contributed by atoms with Crippen molar-refractivity contribution >= 4 is 11.5 Å². The first kappa shape index (κ1) is 13.4. The van der Waals surface area contributed by atoms with Crippen LogP contribution in [0.2, 0.25) is 0 Å². The zero-order valence-electron chi connectivity index (χ0n) is 11.8. The second kappa shape index (κ2) is 5.31. The number of nitrogens with one attached hydrogen (secondary N) is 1. The molecule has 0 saturated carbocycles. The highest BCUT2D eigenvalue weighted by molar-refractivity contribution is 5.49. The molecule has 1 aromatic heterocycles. The molecule has 0 aliphatic carbocycles. The summed E-state index contributed by atoms with van der Waals surface area (Å²) in [5, 5.41) is 3.38. The first-order chi connectivity index (χ1) is 8.99.